The molecule has 0 aliphatic heterocycles. The zero-order valence-corrected chi connectivity index (χ0v) is 18.2. The van der Waals surface area contributed by atoms with Crippen molar-refractivity contribution < 1.29 is 19.8 Å². The third kappa shape index (κ3) is 20.4. The quantitative estimate of drug-likeness (QED) is 0.221. The molecule has 0 spiro atoms. The Morgan fingerprint density at radius 2 is 1.17 bits per heavy atom. The highest BCUT2D eigenvalue weighted by Crippen LogP contribution is 2.12. The molecule has 0 saturated carbocycles. The molecule has 1 aromatic rings. The summed E-state index contributed by atoms with van der Waals surface area (Å²) in [6.45, 7) is 2.27. The Bertz CT molecular complexity index is 537. The molecule has 0 aliphatic rings. The number of benzene rings is 1. The summed E-state index contributed by atoms with van der Waals surface area (Å²) < 4.78 is 0. The zero-order valence-electron chi connectivity index (χ0n) is 18.2. The second-order valence-electron chi connectivity index (χ2n) is 7.44. The largest absolute Gasteiger partial charge is 0.478 e. The third-order valence-electron chi connectivity index (χ3n) is 4.76. The molecule has 4 nitrogen and oxygen atoms in total. The fourth-order valence-electron chi connectivity index (χ4n) is 3.04. The number of hydrogen-bond donors (Lipinski definition) is 2. The van der Waals surface area contributed by atoms with Crippen LogP contribution in [0.15, 0.2) is 42.5 Å². The van der Waals surface area contributed by atoms with E-state index >= 15 is 0 Å². The maximum atomic E-state index is 10.2. The lowest BCUT2D eigenvalue weighted by molar-refractivity contribution is -0.131. The number of rotatable bonds is 16. The van der Waals surface area contributed by atoms with Gasteiger partial charge in [0.1, 0.15) is 0 Å². The van der Waals surface area contributed by atoms with E-state index in [4.69, 9.17) is 10.2 Å². The Morgan fingerprint density at radius 1 is 0.724 bits per heavy atom. The molecule has 1 aromatic carbocycles. The molecule has 0 bridgehead atoms. The number of carboxylic acids is 2. The molecule has 29 heavy (non-hydrogen) atoms. The van der Waals surface area contributed by atoms with Crippen molar-refractivity contribution in [1.82, 2.24) is 0 Å². The summed E-state index contributed by atoms with van der Waals surface area (Å²) in [6.07, 6.45) is 21.6. The lowest BCUT2D eigenvalue weighted by atomic mass is 10.0. The van der Waals surface area contributed by atoms with Crippen molar-refractivity contribution in [1.29, 1.82) is 0 Å². The van der Waals surface area contributed by atoms with E-state index in [1.807, 2.05) is 0 Å². The lowest BCUT2D eigenvalue weighted by Crippen LogP contribution is -1.93. The molecule has 0 heterocycles. The first-order chi connectivity index (χ1) is 14.1. The average Bonchev–Trinajstić information content (AvgIpc) is 2.72. The van der Waals surface area contributed by atoms with Gasteiger partial charge in [0.05, 0.1) is 5.56 Å². The molecule has 0 unspecified atom stereocenters. The van der Waals surface area contributed by atoms with E-state index in [-0.39, 0.29) is 0 Å². The molecule has 164 valence electrons. The fourth-order valence-corrected chi connectivity index (χ4v) is 3.04. The highest BCUT2D eigenvalue weighted by Gasteiger charge is 1.96. The Hall–Kier alpha value is -2.10. The molecular weight excluding hydrogens is 364 g/mol. The van der Waals surface area contributed by atoms with Gasteiger partial charge < -0.3 is 10.2 Å². The first kappa shape index (κ1) is 26.9. The van der Waals surface area contributed by atoms with Gasteiger partial charge in [0.25, 0.3) is 0 Å². The van der Waals surface area contributed by atoms with Gasteiger partial charge in [-0.1, -0.05) is 108 Å². The molecule has 2 N–H and O–H groups in total. The van der Waals surface area contributed by atoms with Gasteiger partial charge in [-0.15, -0.1) is 0 Å². The maximum absolute atomic E-state index is 10.2. The van der Waals surface area contributed by atoms with Gasteiger partial charge in [-0.3, -0.25) is 0 Å². The average molecular weight is 405 g/mol. The predicted molar refractivity (Wildman–Crippen MR) is 120 cm³/mol. The van der Waals surface area contributed by atoms with Gasteiger partial charge in [0.2, 0.25) is 0 Å². The van der Waals surface area contributed by atoms with Crippen molar-refractivity contribution in [3.63, 3.8) is 0 Å². The summed E-state index contributed by atoms with van der Waals surface area (Å²) in [4.78, 5) is 20.4. The molecule has 0 radical (unpaired) electrons. The molecule has 0 aliphatic carbocycles. The standard InChI is InChI=1S/C18H34O2.C7H6O2/c1-2-3-4-5-6-7-8-9-10-11-12-13-14-15-16-17-18(19)20;8-7(9)6-4-2-1-3-5-6/h16-17H,2-15H2,1H3,(H,19,20);1-5H,(H,8,9)/b17-16+;. The van der Waals surface area contributed by atoms with Crippen molar-refractivity contribution in [2.45, 2.75) is 96.8 Å². The van der Waals surface area contributed by atoms with Crippen LogP contribution in [0, 0.1) is 0 Å². The van der Waals surface area contributed by atoms with Gasteiger partial charge in [-0.25, -0.2) is 9.59 Å². The van der Waals surface area contributed by atoms with E-state index in [0.717, 1.165) is 12.8 Å². The van der Waals surface area contributed by atoms with Crippen LogP contribution in [0.25, 0.3) is 0 Å². The molecule has 0 aromatic heterocycles. The summed E-state index contributed by atoms with van der Waals surface area (Å²) in [5.74, 6) is -1.71. The van der Waals surface area contributed by atoms with Gasteiger partial charge in [0.15, 0.2) is 0 Å². The topological polar surface area (TPSA) is 74.6 Å². The van der Waals surface area contributed by atoms with E-state index in [1.165, 1.54) is 83.1 Å². The highest BCUT2D eigenvalue weighted by molar-refractivity contribution is 5.87. The molecule has 4 heteroatoms. The predicted octanol–water partition coefficient (Wildman–Crippen LogP) is 7.49. The van der Waals surface area contributed by atoms with Crippen LogP contribution in [0.1, 0.15) is 107 Å². The van der Waals surface area contributed by atoms with E-state index in [1.54, 1.807) is 36.4 Å². The molecule has 0 atom stereocenters. The van der Waals surface area contributed by atoms with Crippen molar-refractivity contribution in [3.8, 4) is 0 Å². The van der Waals surface area contributed by atoms with Gasteiger partial charge in [-0.2, -0.15) is 0 Å². The molecule has 0 amide bonds. The van der Waals surface area contributed by atoms with Gasteiger partial charge in [0, 0.05) is 6.08 Å². The van der Waals surface area contributed by atoms with E-state index in [0.29, 0.717) is 5.56 Å². The summed E-state index contributed by atoms with van der Waals surface area (Å²) in [5.41, 5.74) is 0.331. The van der Waals surface area contributed by atoms with Crippen molar-refractivity contribution in [3.05, 3.63) is 48.0 Å². The number of hydrogen-bond acceptors (Lipinski definition) is 2. The number of carboxylic acid groups (broad SMARTS) is 2. The number of aromatic carboxylic acids is 1. The van der Waals surface area contributed by atoms with Crippen molar-refractivity contribution in [2.24, 2.45) is 0 Å². The van der Waals surface area contributed by atoms with Crippen LogP contribution in [-0.2, 0) is 4.79 Å². The zero-order chi connectivity index (χ0) is 21.6. The number of unbranched alkanes of at least 4 members (excludes halogenated alkanes) is 13. The molecule has 0 fully saturated rings. The van der Waals surface area contributed by atoms with Crippen LogP contribution in [0.5, 0.6) is 0 Å². The minimum atomic E-state index is -0.879. The van der Waals surface area contributed by atoms with Crippen LogP contribution in [0.4, 0.5) is 0 Å². The van der Waals surface area contributed by atoms with Crippen molar-refractivity contribution >= 4 is 11.9 Å². The Morgan fingerprint density at radius 3 is 1.55 bits per heavy atom. The van der Waals surface area contributed by atoms with E-state index in [2.05, 4.69) is 6.92 Å². The minimum Gasteiger partial charge on any atom is -0.478 e. The van der Waals surface area contributed by atoms with Gasteiger partial charge in [-0.05, 0) is 25.0 Å². The Balaban J connectivity index is 0.000000717. The minimum absolute atomic E-state index is 0.331. The SMILES string of the molecule is CCCCCCCCCCCCCCC/C=C/C(=O)O.O=C(O)c1ccccc1. The summed E-state index contributed by atoms with van der Waals surface area (Å²) in [5, 5.41) is 16.8. The highest BCUT2D eigenvalue weighted by atomic mass is 16.4. The van der Waals surface area contributed by atoms with Crippen LogP contribution in [-0.4, -0.2) is 22.2 Å². The first-order valence-electron chi connectivity index (χ1n) is 11.3. The van der Waals surface area contributed by atoms with Crippen LogP contribution in [0.2, 0.25) is 0 Å². The van der Waals surface area contributed by atoms with Crippen LogP contribution < -0.4 is 0 Å². The van der Waals surface area contributed by atoms with E-state index in [9.17, 15) is 9.59 Å². The summed E-state index contributed by atoms with van der Waals surface area (Å²) >= 11 is 0. The first-order valence-corrected chi connectivity index (χ1v) is 11.3. The Kier molecular flexibility index (Phi) is 19.1. The fraction of sp³-hybridized carbons (Fsp3) is 0.600. The monoisotopic (exact) mass is 404 g/mol. The normalized spacial score (nSPS) is 10.5. The van der Waals surface area contributed by atoms with Crippen LogP contribution in [0.3, 0.4) is 0 Å². The van der Waals surface area contributed by atoms with Crippen molar-refractivity contribution in [2.75, 3.05) is 0 Å². The number of carbonyl (C=O) groups is 2. The molecule has 0 saturated heterocycles. The molecule has 1 rings (SSSR count). The second-order valence-corrected chi connectivity index (χ2v) is 7.44. The van der Waals surface area contributed by atoms with E-state index < -0.39 is 11.9 Å². The third-order valence-corrected chi connectivity index (χ3v) is 4.76. The number of allylic oxidation sites excluding steroid dienone is 1. The van der Waals surface area contributed by atoms with Gasteiger partial charge >= 0.3 is 11.9 Å². The lowest BCUT2D eigenvalue weighted by Gasteiger charge is -2.02. The summed E-state index contributed by atoms with van der Waals surface area (Å²) in [6, 6.07) is 8.30. The summed E-state index contributed by atoms with van der Waals surface area (Å²) in [7, 11) is 0. The molecular formula is C25H40O4. The smallest absolute Gasteiger partial charge is 0.335 e. The second kappa shape index (κ2) is 20.6. The van der Waals surface area contributed by atoms with Crippen LogP contribution >= 0.6 is 0 Å². The number of aliphatic carboxylic acids is 1. The Labute approximate surface area is 177 Å². The maximum Gasteiger partial charge on any atom is 0.335 e.